The van der Waals surface area contributed by atoms with Gasteiger partial charge < -0.3 is 30.7 Å². The molecule has 0 saturated carbocycles. The number of nitrogens with zero attached hydrogens (tertiary/aromatic N) is 5. The van der Waals surface area contributed by atoms with Crippen LogP contribution in [0, 0.1) is 5.82 Å². The number of pyridine rings is 1. The molecule has 4 heterocycles. The third-order valence-corrected chi connectivity index (χ3v) is 11.1. The number of aryl methyl sites for hydroxylation is 2. The Hall–Kier alpha value is -5.86. The van der Waals surface area contributed by atoms with Gasteiger partial charge in [-0.25, -0.2) is 18.9 Å². The Morgan fingerprint density at radius 2 is 1.66 bits per heavy atom. The lowest BCUT2D eigenvalue weighted by Crippen LogP contribution is -2.53. The molecule has 3 aromatic carbocycles. The van der Waals surface area contributed by atoms with Gasteiger partial charge in [-0.2, -0.15) is 5.10 Å². The van der Waals surface area contributed by atoms with Crippen molar-refractivity contribution < 1.29 is 28.6 Å². The summed E-state index contributed by atoms with van der Waals surface area (Å²) in [5.41, 5.74) is 7.05. The Balaban J connectivity index is 1.00. The molecule has 5 aromatic rings. The second kappa shape index (κ2) is 18.2. The minimum Gasteiger partial charge on any atom is -0.465 e. The fraction of sp³-hybridized carbons (Fsp3) is 0.386. The average Bonchev–Trinajstić information content (AvgIpc) is 3.66. The van der Waals surface area contributed by atoms with Crippen LogP contribution in [0.5, 0.6) is 0 Å². The Bertz CT molecular complexity index is 2290. The van der Waals surface area contributed by atoms with E-state index in [1.165, 1.54) is 11.0 Å². The molecule has 1 atom stereocenters. The number of anilines is 1. The number of benzene rings is 3. The van der Waals surface area contributed by atoms with Crippen molar-refractivity contribution in [1.29, 1.82) is 0 Å². The molecule has 3 amide bonds. The molecule has 0 unspecified atom stereocenters. The van der Waals surface area contributed by atoms with E-state index in [2.05, 4.69) is 32.9 Å². The maximum Gasteiger partial charge on any atom is 0.407 e. The van der Waals surface area contributed by atoms with Crippen molar-refractivity contribution in [2.45, 2.75) is 78.3 Å². The number of halogens is 1. The summed E-state index contributed by atoms with van der Waals surface area (Å²) in [5.74, 6) is -1.06. The van der Waals surface area contributed by atoms with E-state index in [1.54, 1.807) is 36.4 Å². The van der Waals surface area contributed by atoms with Crippen LogP contribution in [0.1, 0.15) is 76.7 Å². The van der Waals surface area contributed by atoms with Gasteiger partial charge in [-0.1, -0.05) is 37.3 Å². The Kier molecular flexibility index (Phi) is 12.6. The summed E-state index contributed by atoms with van der Waals surface area (Å²) >= 11 is 0. The van der Waals surface area contributed by atoms with Crippen molar-refractivity contribution in [1.82, 2.24) is 35.2 Å². The van der Waals surface area contributed by atoms with E-state index in [0.29, 0.717) is 74.6 Å². The first-order valence-electron chi connectivity index (χ1n) is 20.1. The SMILES string of the molecule is CCc1nc2c(cnn2CC)c(NC2CCOCC2)c1CNC(=O)c1cccc(C(=O)NCc2ccc(F)c(-c3cccc(CN4CCN(C(=O)O)[C@@H](C)C4)c3)c2)c1. The van der Waals surface area contributed by atoms with Crippen molar-refractivity contribution in [3.8, 4) is 11.1 Å². The number of hydrogen-bond donors (Lipinski definition) is 4. The Labute approximate surface area is 337 Å². The second-order valence-corrected chi connectivity index (χ2v) is 15.0. The molecule has 2 fully saturated rings. The van der Waals surface area contributed by atoms with Gasteiger partial charge in [0.1, 0.15) is 5.82 Å². The summed E-state index contributed by atoms with van der Waals surface area (Å²) < 4.78 is 22.7. The van der Waals surface area contributed by atoms with E-state index in [0.717, 1.165) is 51.9 Å². The molecular formula is C44H51FN8O5. The molecule has 13 nitrogen and oxygen atoms in total. The molecule has 7 rings (SSSR count). The number of aromatic nitrogens is 3. The molecule has 0 bridgehead atoms. The van der Waals surface area contributed by atoms with E-state index in [9.17, 15) is 19.5 Å². The van der Waals surface area contributed by atoms with E-state index >= 15 is 4.39 Å². The number of fused-ring (bicyclic) bond motifs is 1. The number of ether oxygens (including phenoxy) is 1. The number of amides is 3. The minimum atomic E-state index is -0.907. The van der Waals surface area contributed by atoms with Gasteiger partial charge in [0.2, 0.25) is 0 Å². The molecule has 0 aliphatic carbocycles. The summed E-state index contributed by atoms with van der Waals surface area (Å²) in [4.78, 5) is 47.1. The number of nitrogens with one attached hydrogen (secondary N) is 3. The maximum atomic E-state index is 15.2. The van der Waals surface area contributed by atoms with Crippen molar-refractivity contribution in [3.63, 3.8) is 0 Å². The zero-order chi connectivity index (χ0) is 40.8. The number of rotatable bonds is 13. The standard InChI is InChI=1S/C44H51FN8O5/c1-4-39-36(40(49-34-14-18-58-19-15-34)37-25-48-53(5-2)41(37)50-39)24-47-43(55)33-11-7-10-32(22-33)42(54)46-23-29-12-13-38(45)35(21-29)31-9-6-8-30(20-31)27-51-16-17-52(44(56)57)28(3)26-51/h6-13,20-22,25,28,34H,4-5,14-19,23-24,26-27H2,1-3H3,(H,46,54)(H,47,55)(H,49,50)(H,56,57)/t28-/m0/s1. The second-order valence-electron chi connectivity index (χ2n) is 15.0. The first-order valence-corrected chi connectivity index (χ1v) is 20.1. The van der Waals surface area contributed by atoms with E-state index in [-0.39, 0.29) is 42.8 Å². The van der Waals surface area contributed by atoms with E-state index in [4.69, 9.17) is 9.72 Å². The third-order valence-electron chi connectivity index (χ3n) is 11.1. The first kappa shape index (κ1) is 40.3. The highest BCUT2D eigenvalue weighted by atomic mass is 19.1. The normalized spacial score (nSPS) is 16.3. The molecule has 304 valence electrons. The first-order chi connectivity index (χ1) is 28.1. The predicted molar refractivity (Wildman–Crippen MR) is 220 cm³/mol. The topological polar surface area (TPSA) is 154 Å². The molecule has 2 aromatic heterocycles. The van der Waals surface area contributed by atoms with Crippen molar-refractivity contribution in [2.75, 3.05) is 38.2 Å². The van der Waals surface area contributed by atoms with Gasteiger partial charge >= 0.3 is 6.09 Å². The number of hydrogen-bond acceptors (Lipinski definition) is 8. The van der Waals surface area contributed by atoms with Crippen LogP contribution >= 0.6 is 0 Å². The Morgan fingerprint density at radius 3 is 2.36 bits per heavy atom. The lowest BCUT2D eigenvalue weighted by atomic mass is 10.00. The number of carbonyl (C=O) groups is 3. The number of piperazine rings is 1. The highest BCUT2D eigenvalue weighted by Gasteiger charge is 2.27. The highest BCUT2D eigenvalue weighted by molar-refractivity contribution is 6.00. The summed E-state index contributed by atoms with van der Waals surface area (Å²) in [5, 5.41) is 24.6. The van der Waals surface area contributed by atoms with Crippen molar-refractivity contribution in [2.24, 2.45) is 0 Å². The largest absolute Gasteiger partial charge is 0.465 e. The maximum absolute atomic E-state index is 15.2. The third kappa shape index (κ3) is 9.13. The van der Waals surface area contributed by atoms with Gasteiger partial charge in [0.15, 0.2) is 5.65 Å². The summed E-state index contributed by atoms with van der Waals surface area (Å²) in [6.07, 6.45) is 3.35. The van der Waals surface area contributed by atoms with Gasteiger partial charge in [-0.05, 0) is 86.2 Å². The molecule has 0 spiro atoms. The zero-order valence-corrected chi connectivity index (χ0v) is 33.3. The van der Waals surface area contributed by atoms with Gasteiger partial charge in [0.25, 0.3) is 11.8 Å². The van der Waals surface area contributed by atoms with Gasteiger partial charge in [0.05, 0.1) is 17.3 Å². The van der Waals surface area contributed by atoms with Crippen LogP contribution in [-0.2, 0) is 37.3 Å². The fourth-order valence-corrected chi connectivity index (χ4v) is 7.92. The van der Waals surface area contributed by atoms with Crippen LogP contribution in [0.2, 0.25) is 0 Å². The average molecular weight is 791 g/mol. The van der Waals surface area contributed by atoms with Crippen LogP contribution in [-0.4, -0.2) is 92.5 Å². The lowest BCUT2D eigenvalue weighted by Gasteiger charge is -2.38. The minimum absolute atomic E-state index is 0.118. The molecule has 2 saturated heterocycles. The molecular weight excluding hydrogens is 740 g/mol. The van der Waals surface area contributed by atoms with E-state index < -0.39 is 6.09 Å². The predicted octanol–water partition coefficient (Wildman–Crippen LogP) is 6.45. The van der Waals surface area contributed by atoms with Gasteiger partial charge in [-0.15, -0.1) is 0 Å². The summed E-state index contributed by atoms with van der Waals surface area (Å²) in [7, 11) is 0. The number of carbonyl (C=O) groups excluding carboxylic acids is 2. The lowest BCUT2D eigenvalue weighted by molar-refractivity contribution is 0.0711. The zero-order valence-electron chi connectivity index (χ0n) is 33.3. The van der Waals surface area contributed by atoms with Crippen LogP contribution < -0.4 is 16.0 Å². The van der Waals surface area contributed by atoms with Gasteiger partial charge in [0, 0.05) is 99.1 Å². The molecule has 4 N–H and O–H groups in total. The Morgan fingerprint density at radius 1 is 0.914 bits per heavy atom. The molecule has 14 heteroatoms. The monoisotopic (exact) mass is 790 g/mol. The molecule has 58 heavy (non-hydrogen) atoms. The fourth-order valence-electron chi connectivity index (χ4n) is 7.92. The molecule has 2 aliphatic heterocycles. The van der Waals surface area contributed by atoms with Crippen molar-refractivity contribution in [3.05, 3.63) is 112 Å². The van der Waals surface area contributed by atoms with Crippen LogP contribution in [0.3, 0.4) is 0 Å². The molecule has 2 aliphatic rings. The van der Waals surface area contributed by atoms with Crippen LogP contribution in [0.15, 0.2) is 72.9 Å². The van der Waals surface area contributed by atoms with E-state index in [1.807, 2.05) is 49.0 Å². The summed E-state index contributed by atoms with van der Waals surface area (Å²) in [6, 6.07) is 19.2. The smallest absolute Gasteiger partial charge is 0.407 e. The van der Waals surface area contributed by atoms with Crippen LogP contribution in [0.25, 0.3) is 22.2 Å². The van der Waals surface area contributed by atoms with Crippen molar-refractivity contribution >= 4 is 34.6 Å². The van der Waals surface area contributed by atoms with Crippen LogP contribution in [0.4, 0.5) is 14.9 Å². The summed E-state index contributed by atoms with van der Waals surface area (Å²) in [6.45, 7) is 10.7. The van der Waals surface area contributed by atoms with Gasteiger partial charge in [-0.3, -0.25) is 14.5 Å². The molecule has 0 radical (unpaired) electrons. The quantitative estimate of drug-likeness (QED) is 0.105. The number of carboxylic acid groups (broad SMARTS) is 1. The highest BCUT2D eigenvalue weighted by Crippen LogP contribution is 2.32.